The van der Waals surface area contributed by atoms with E-state index in [0.29, 0.717) is 35.9 Å². The molecule has 0 spiro atoms. The zero-order chi connectivity index (χ0) is 21.8. The Morgan fingerprint density at radius 3 is 2.60 bits per heavy atom. The quantitative estimate of drug-likeness (QED) is 0.663. The van der Waals surface area contributed by atoms with Crippen LogP contribution in [0.2, 0.25) is 5.02 Å². The maximum Gasteiger partial charge on any atom is 0.243 e. The maximum absolute atomic E-state index is 13.2. The molecule has 1 fully saturated rings. The minimum Gasteiger partial charge on any atom is -0.497 e. The van der Waals surface area contributed by atoms with Crippen LogP contribution in [-0.4, -0.2) is 45.4 Å². The standard InChI is InChI=1S/C21H25ClN2O5S/c1-28-18-4-2-5-19(12-18)30(26,27)24-11-3-10-21(14-24,13-20(23)25)15-29-17-8-6-16(22)7-9-17/h2,4-9,12H,3,10-11,13-15H2,1H3,(H2,23,25)/t21-/m1/s1. The second-order valence-corrected chi connectivity index (χ2v) is 9.88. The number of primary amides is 1. The van der Waals surface area contributed by atoms with Gasteiger partial charge in [0.05, 0.1) is 18.6 Å². The first kappa shape index (κ1) is 22.4. The SMILES string of the molecule is COc1cccc(S(=O)(=O)N2CCC[C@@](COc3ccc(Cl)cc3)(CC(N)=O)C2)c1. The van der Waals surface area contributed by atoms with Gasteiger partial charge in [0.1, 0.15) is 11.5 Å². The van der Waals surface area contributed by atoms with Crippen LogP contribution in [-0.2, 0) is 14.8 Å². The number of methoxy groups -OCH3 is 1. The molecule has 7 nitrogen and oxygen atoms in total. The predicted molar refractivity (Wildman–Crippen MR) is 114 cm³/mol. The van der Waals surface area contributed by atoms with E-state index in [2.05, 4.69) is 0 Å². The number of carbonyl (C=O) groups is 1. The number of hydrogen-bond acceptors (Lipinski definition) is 5. The number of carbonyl (C=O) groups excluding carboxylic acids is 1. The minimum absolute atomic E-state index is 0.0325. The molecule has 0 radical (unpaired) electrons. The van der Waals surface area contributed by atoms with Gasteiger partial charge in [-0.1, -0.05) is 17.7 Å². The Balaban J connectivity index is 1.83. The molecule has 30 heavy (non-hydrogen) atoms. The number of halogens is 1. The summed E-state index contributed by atoms with van der Waals surface area (Å²) in [4.78, 5) is 12.0. The number of ether oxygens (including phenoxy) is 2. The van der Waals surface area contributed by atoms with Crippen LogP contribution in [0.4, 0.5) is 0 Å². The second kappa shape index (κ2) is 9.24. The highest BCUT2D eigenvalue weighted by molar-refractivity contribution is 7.89. The summed E-state index contributed by atoms with van der Waals surface area (Å²) in [5, 5.41) is 0.586. The molecule has 1 saturated heterocycles. The molecule has 3 rings (SSSR count). The highest BCUT2D eigenvalue weighted by atomic mass is 35.5. The van der Waals surface area contributed by atoms with Crippen LogP contribution in [0, 0.1) is 5.41 Å². The van der Waals surface area contributed by atoms with Crippen LogP contribution in [0.5, 0.6) is 11.5 Å². The van der Waals surface area contributed by atoms with Gasteiger partial charge in [-0.05, 0) is 49.2 Å². The van der Waals surface area contributed by atoms with E-state index in [1.165, 1.54) is 23.5 Å². The Morgan fingerprint density at radius 1 is 1.20 bits per heavy atom. The Morgan fingerprint density at radius 2 is 1.93 bits per heavy atom. The van der Waals surface area contributed by atoms with Crippen LogP contribution in [0.25, 0.3) is 0 Å². The molecule has 162 valence electrons. The monoisotopic (exact) mass is 452 g/mol. The third-order valence-corrected chi connectivity index (χ3v) is 7.31. The lowest BCUT2D eigenvalue weighted by Crippen LogP contribution is -2.50. The topological polar surface area (TPSA) is 98.9 Å². The number of amides is 1. The summed E-state index contributed by atoms with van der Waals surface area (Å²) in [5.41, 5.74) is 4.79. The van der Waals surface area contributed by atoms with E-state index >= 15 is 0 Å². The van der Waals surface area contributed by atoms with Gasteiger partial charge in [0.25, 0.3) is 0 Å². The van der Waals surface area contributed by atoms with Gasteiger partial charge in [0, 0.05) is 36.0 Å². The largest absolute Gasteiger partial charge is 0.497 e. The zero-order valence-electron chi connectivity index (χ0n) is 16.7. The Labute approximate surface area is 181 Å². The lowest BCUT2D eigenvalue weighted by Gasteiger charge is -2.41. The fourth-order valence-corrected chi connectivity index (χ4v) is 5.48. The van der Waals surface area contributed by atoms with E-state index in [-0.39, 0.29) is 24.5 Å². The van der Waals surface area contributed by atoms with Crippen molar-refractivity contribution >= 4 is 27.5 Å². The molecule has 1 aliphatic rings. The van der Waals surface area contributed by atoms with E-state index in [0.717, 1.165) is 0 Å². The smallest absolute Gasteiger partial charge is 0.243 e. The number of nitrogens with zero attached hydrogens (tertiary/aromatic N) is 1. The van der Waals surface area contributed by atoms with Crippen LogP contribution in [0.3, 0.4) is 0 Å². The number of rotatable bonds is 8. The van der Waals surface area contributed by atoms with Gasteiger partial charge in [0.2, 0.25) is 15.9 Å². The molecular weight excluding hydrogens is 428 g/mol. The molecule has 2 aromatic carbocycles. The molecule has 1 heterocycles. The fourth-order valence-electron chi connectivity index (χ4n) is 3.73. The fraction of sp³-hybridized carbons (Fsp3) is 0.381. The van der Waals surface area contributed by atoms with Crippen molar-refractivity contribution in [2.75, 3.05) is 26.8 Å². The van der Waals surface area contributed by atoms with E-state index in [1.54, 1.807) is 36.4 Å². The first-order valence-electron chi connectivity index (χ1n) is 9.55. The molecular formula is C21H25ClN2O5S. The van der Waals surface area contributed by atoms with Gasteiger partial charge in [-0.2, -0.15) is 4.31 Å². The summed E-state index contributed by atoms with van der Waals surface area (Å²) in [5.74, 6) is 0.564. The zero-order valence-corrected chi connectivity index (χ0v) is 18.3. The molecule has 0 unspecified atom stereocenters. The summed E-state index contributed by atoms with van der Waals surface area (Å²) in [6.07, 6.45) is 1.26. The van der Waals surface area contributed by atoms with Crippen LogP contribution < -0.4 is 15.2 Å². The van der Waals surface area contributed by atoms with Crippen molar-refractivity contribution in [3.05, 3.63) is 53.6 Å². The summed E-state index contributed by atoms with van der Waals surface area (Å²) in [6.45, 7) is 0.672. The molecule has 2 N–H and O–H groups in total. The Hall–Kier alpha value is -2.29. The molecule has 2 aromatic rings. The molecule has 1 aliphatic heterocycles. The third kappa shape index (κ3) is 5.24. The number of sulfonamides is 1. The molecule has 9 heteroatoms. The number of piperidine rings is 1. The van der Waals surface area contributed by atoms with Crippen molar-refractivity contribution in [1.82, 2.24) is 4.31 Å². The highest BCUT2D eigenvalue weighted by Crippen LogP contribution is 2.37. The van der Waals surface area contributed by atoms with Gasteiger partial charge in [0.15, 0.2) is 0 Å². The minimum atomic E-state index is -3.76. The van der Waals surface area contributed by atoms with Gasteiger partial charge < -0.3 is 15.2 Å². The maximum atomic E-state index is 13.2. The van der Waals surface area contributed by atoms with E-state index in [9.17, 15) is 13.2 Å². The lowest BCUT2D eigenvalue weighted by atomic mass is 9.78. The summed E-state index contributed by atoms with van der Waals surface area (Å²) >= 11 is 5.91. The Kier molecular flexibility index (Phi) is 6.90. The second-order valence-electron chi connectivity index (χ2n) is 7.51. The van der Waals surface area contributed by atoms with Gasteiger partial charge in [-0.3, -0.25) is 4.79 Å². The van der Waals surface area contributed by atoms with E-state index in [1.807, 2.05) is 0 Å². The normalized spacial score (nSPS) is 19.9. The average molecular weight is 453 g/mol. The first-order valence-corrected chi connectivity index (χ1v) is 11.4. The van der Waals surface area contributed by atoms with E-state index in [4.69, 9.17) is 26.8 Å². The number of hydrogen-bond donors (Lipinski definition) is 1. The van der Waals surface area contributed by atoms with Gasteiger partial charge >= 0.3 is 0 Å². The molecule has 0 aliphatic carbocycles. The van der Waals surface area contributed by atoms with Crippen LogP contribution in [0.1, 0.15) is 19.3 Å². The molecule has 0 saturated carbocycles. The lowest BCUT2D eigenvalue weighted by molar-refractivity contribution is -0.121. The molecule has 0 bridgehead atoms. The molecule has 1 atom stereocenters. The number of benzene rings is 2. The van der Waals surface area contributed by atoms with Crippen LogP contribution >= 0.6 is 11.6 Å². The van der Waals surface area contributed by atoms with Gasteiger partial charge in [-0.25, -0.2) is 8.42 Å². The first-order chi connectivity index (χ1) is 14.2. The van der Waals surface area contributed by atoms with Crippen molar-refractivity contribution in [2.24, 2.45) is 11.1 Å². The third-order valence-electron chi connectivity index (χ3n) is 5.21. The molecule has 0 aromatic heterocycles. The van der Waals surface area contributed by atoms with Crippen molar-refractivity contribution < 1.29 is 22.7 Å². The summed E-state index contributed by atoms with van der Waals surface area (Å²) in [7, 11) is -2.28. The number of nitrogens with two attached hydrogens (primary N) is 1. The van der Waals surface area contributed by atoms with E-state index < -0.39 is 21.3 Å². The van der Waals surface area contributed by atoms with Gasteiger partial charge in [-0.15, -0.1) is 0 Å². The van der Waals surface area contributed by atoms with Crippen molar-refractivity contribution in [3.63, 3.8) is 0 Å². The Bertz CT molecular complexity index is 997. The average Bonchev–Trinajstić information content (AvgIpc) is 2.73. The summed E-state index contributed by atoms with van der Waals surface area (Å²) < 4.78 is 38.9. The van der Waals surface area contributed by atoms with Crippen LogP contribution in [0.15, 0.2) is 53.4 Å². The van der Waals surface area contributed by atoms with Crippen molar-refractivity contribution in [1.29, 1.82) is 0 Å². The van der Waals surface area contributed by atoms with Crippen molar-refractivity contribution in [3.8, 4) is 11.5 Å². The summed E-state index contributed by atoms with van der Waals surface area (Å²) in [6, 6.07) is 13.2. The van der Waals surface area contributed by atoms with Crippen molar-refractivity contribution in [2.45, 2.75) is 24.2 Å². The predicted octanol–water partition coefficient (Wildman–Crippen LogP) is 3.07. The highest BCUT2D eigenvalue weighted by Gasteiger charge is 2.42. The molecule has 1 amide bonds.